The second kappa shape index (κ2) is 4.76. The van der Waals surface area contributed by atoms with Gasteiger partial charge in [0.15, 0.2) is 0 Å². The van der Waals surface area contributed by atoms with E-state index in [1.807, 2.05) is 26.0 Å². The summed E-state index contributed by atoms with van der Waals surface area (Å²) in [6, 6.07) is 3.88. The van der Waals surface area contributed by atoms with Gasteiger partial charge < -0.3 is 14.8 Å². The number of nitrogens with one attached hydrogen (secondary N) is 1. The number of rotatable bonds is 4. The first-order valence-electron chi connectivity index (χ1n) is 6.94. The molecule has 1 aromatic carbocycles. The highest BCUT2D eigenvalue weighted by Gasteiger charge is 2.31. The molecule has 0 unspecified atom stereocenters. The van der Waals surface area contributed by atoms with Crippen molar-refractivity contribution in [1.29, 1.82) is 0 Å². The molecule has 1 atom stereocenters. The van der Waals surface area contributed by atoms with E-state index in [9.17, 15) is 4.79 Å². The topological polar surface area (TPSA) is 47.6 Å². The van der Waals surface area contributed by atoms with Gasteiger partial charge in [-0.1, -0.05) is 0 Å². The molecular weight excluding hydrogens is 242 g/mol. The van der Waals surface area contributed by atoms with Crippen LogP contribution in [0.25, 0.3) is 0 Å². The average Bonchev–Trinajstić information content (AvgIpc) is 3.13. The fourth-order valence-electron chi connectivity index (χ4n) is 2.39. The van der Waals surface area contributed by atoms with Gasteiger partial charge in [0.05, 0.1) is 12.3 Å². The highest BCUT2D eigenvalue weighted by molar-refractivity contribution is 5.95. The number of anilines is 1. The molecule has 1 aromatic rings. The molecule has 0 spiro atoms. The predicted octanol–water partition coefficient (Wildman–Crippen LogP) is 2.76. The predicted molar refractivity (Wildman–Crippen MR) is 72.8 cm³/mol. The summed E-state index contributed by atoms with van der Waals surface area (Å²) < 4.78 is 11.4. The lowest BCUT2D eigenvalue weighted by Crippen LogP contribution is -2.14. The van der Waals surface area contributed by atoms with Crippen LogP contribution in [0.4, 0.5) is 5.69 Å². The van der Waals surface area contributed by atoms with Crippen LogP contribution in [0.2, 0.25) is 0 Å². The number of fused-ring (bicyclic) bond motifs is 1. The summed E-state index contributed by atoms with van der Waals surface area (Å²) >= 11 is 0. The van der Waals surface area contributed by atoms with Crippen LogP contribution >= 0.6 is 0 Å². The van der Waals surface area contributed by atoms with Gasteiger partial charge in [-0.2, -0.15) is 0 Å². The van der Waals surface area contributed by atoms with Crippen molar-refractivity contribution >= 4 is 11.6 Å². The maximum Gasteiger partial charge on any atom is 0.227 e. The summed E-state index contributed by atoms with van der Waals surface area (Å²) in [5.41, 5.74) is 1.88. The van der Waals surface area contributed by atoms with Crippen LogP contribution in [0, 0.1) is 5.92 Å². The smallest absolute Gasteiger partial charge is 0.227 e. The van der Waals surface area contributed by atoms with Crippen molar-refractivity contribution in [2.75, 3.05) is 11.9 Å². The van der Waals surface area contributed by atoms with E-state index >= 15 is 0 Å². The van der Waals surface area contributed by atoms with Crippen LogP contribution < -0.4 is 14.8 Å². The number of amides is 1. The largest absolute Gasteiger partial charge is 0.492 e. The van der Waals surface area contributed by atoms with E-state index in [4.69, 9.17) is 9.47 Å². The zero-order valence-electron chi connectivity index (χ0n) is 11.4. The molecule has 4 nitrogen and oxygen atoms in total. The van der Waals surface area contributed by atoms with Gasteiger partial charge in [0.25, 0.3) is 0 Å². The summed E-state index contributed by atoms with van der Waals surface area (Å²) in [4.78, 5) is 11.9. The molecule has 1 aliphatic carbocycles. The molecule has 1 heterocycles. The molecule has 1 amide bonds. The van der Waals surface area contributed by atoms with E-state index in [1.165, 1.54) is 0 Å². The zero-order valence-corrected chi connectivity index (χ0v) is 11.4. The Kier molecular flexibility index (Phi) is 3.09. The van der Waals surface area contributed by atoms with Gasteiger partial charge in [-0.05, 0) is 32.8 Å². The lowest BCUT2D eigenvalue weighted by atomic mass is 10.1. The lowest BCUT2D eigenvalue weighted by molar-refractivity contribution is -0.117. The quantitative estimate of drug-likeness (QED) is 0.906. The Balaban J connectivity index is 1.87. The molecule has 1 N–H and O–H groups in total. The summed E-state index contributed by atoms with van der Waals surface area (Å²) in [5.74, 6) is 1.88. The molecule has 102 valence electrons. The zero-order chi connectivity index (χ0) is 13.4. The van der Waals surface area contributed by atoms with Crippen LogP contribution in [0.1, 0.15) is 32.3 Å². The van der Waals surface area contributed by atoms with Gasteiger partial charge in [-0.3, -0.25) is 4.79 Å². The molecule has 3 rings (SSSR count). The van der Waals surface area contributed by atoms with Crippen LogP contribution in [-0.4, -0.2) is 18.6 Å². The summed E-state index contributed by atoms with van der Waals surface area (Å²) in [7, 11) is 0. The third-order valence-corrected chi connectivity index (χ3v) is 3.50. The van der Waals surface area contributed by atoms with Crippen molar-refractivity contribution < 1.29 is 14.3 Å². The van der Waals surface area contributed by atoms with Crippen LogP contribution in [0.5, 0.6) is 11.5 Å². The van der Waals surface area contributed by atoms with E-state index in [2.05, 4.69) is 5.32 Å². The summed E-state index contributed by atoms with van der Waals surface area (Å²) in [5, 5.41) is 2.96. The fourth-order valence-corrected chi connectivity index (χ4v) is 2.39. The second-order valence-corrected chi connectivity index (χ2v) is 5.29. The fraction of sp³-hybridized carbons (Fsp3) is 0.533. The first-order valence-corrected chi connectivity index (χ1v) is 6.94. The molecule has 2 aliphatic rings. The van der Waals surface area contributed by atoms with E-state index in [0.717, 1.165) is 42.0 Å². The van der Waals surface area contributed by atoms with Crippen LogP contribution in [0.3, 0.4) is 0 Å². The minimum absolute atomic E-state index is 0.0898. The summed E-state index contributed by atoms with van der Waals surface area (Å²) in [6.45, 7) is 4.57. The average molecular weight is 261 g/mol. The van der Waals surface area contributed by atoms with Crippen LogP contribution in [0.15, 0.2) is 12.1 Å². The van der Waals surface area contributed by atoms with Crippen molar-refractivity contribution in [1.82, 2.24) is 0 Å². The number of benzene rings is 1. The van der Waals surface area contributed by atoms with Gasteiger partial charge in [-0.25, -0.2) is 0 Å². The number of ether oxygens (including phenoxy) is 2. The molecule has 1 aliphatic heterocycles. The molecule has 0 aromatic heterocycles. The van der Waals surface area contributed by atoms with Gasteiger partial charge in [0.1, 0.15) is 17.6 Å². The Morgan fingerprint density at radius 2 is 2.26 bits per heavy atom. The standard InChI is InChI=1S/C15H19NO3/c1-3-18-14-7-11-6-9(2)19-13(11)8-12(14)16-15(17)10-4-5-10/h7-10H,3-6H2,1-2H3,(H,16,17)/t9-/m1/s1. The van der Waals surface area contributed by atoms with Gasteiger partial charge in [0.2, 0.25) is 5.91 Å². The lowest BCUT2D eigenvalue weighted by Gasteiger charge is -2.13. The van der Waals surface area contributed by atoms with E-state index < -0.39 is 0 Å². The maximum atomic E-state index is 11.9. The molecule has 0 bridgehead atoms. The highest BCUT2D eigenvalue weighted by Crippen LogP contribution is 2.39. The molecule has 0 saturated heterocycles. The Labute approximate surface area is 113 Å². The van der Waals surface area contributed by atoms with Gasteiger partial charge >= 0.3 is 0 Å². The second-order valence-electron chi connectivity index (χ2n) is 5.29. The van der Waals surface area contributed by atoms with E-state index in [0.29, 0.717) is 6.61 Å². The van der Waals surface area contributed by atoms with Gasteiger partial charge in [-0.15, -0.1) is 0 Å². The monoisotopic (exact) mass is 261 g/mol. The van der Waals surface area contributed by atoms with E-state index in [-0.39, 0.29) is 17.9 Å². The molecule has 4 heteroatoms. The first kappa shape index (κ1) is 12.3. The number of carbonyl (C=O) groups is 1. The van der Waals surface area contributed by atoms with Crippen molar-refractivity contribution in [2.45, 2.75) is 39.2 Å². The third kappa shape index (κ3) is 2.53. The molecule has 1 saturated carbocycles. The maximum absolute atomic E-state index is 11.9. The van der Waals surface area contributed by atoms with Crippen molar-refractivity contribution in [3.63, 3.8) is 0 Å². The Bertz CT molecular complexity index is 508. The first-order chi connectivity index (χ1) is 9.17. The molecule has 19 heavy (non-hydrogen) atoms. The van der Waals surface area contributed by atoms with Crippen LogP contribution in [-0.2, 0) is 11.2 Å². The highest BCUT2D eigenvalue weighted by atomic mass is 16.5. The van der Waals surface area contributed by atoms with Crippen molar-refractivity contribution in [3.05, 3.63) is 17.7 Å². The number of hydrogen-bond acceptors (Lipinski definition) is 3. The molecule has 0 radical (unpaired) electrons. The van der Waals surface area contributed by atoms with Crippen molar-refractivity contribution in [2.24, 2.45) is 5.92 Å². The number of hydrogen-bond donors (Lipinski definition) is 1. The SMILES string of the molecule is CCOc1cc2c(cc1NC(=O)C1CC1)O[C@H](C)C2. The minimum atomic E-state index is 0.0898. The van der Waals surface area contributed by atoms with E-state index in [1.54, 1.807) is 0 Å². The minimum Gasteiger partial charge on any atom is -0.492 e. The Hall–Kier alpha value is -1.71. The Morgan fingerprint density at radius 3 is 2.95 bits per heavy atom. The van der Waals surface area contributed by atoms with Crippen molar-refractivity contribution in [3.8, 4) is 11.5 Å². The Morgan fingerprint density at radius 1 is 1.47 bits per heavy atom. The van der Waals surface area contributed by atoms with Gasteiger partial charge in [0, 0.05) is 24.0 Å². The summed E-state index contributed by atoms with van der Waals surface area (Å²) in [6.07, 6.45) is 3.08. The normalized spacial score (nSPS) is 20.6. The molecular formula is C15H19NO3. The third-order valence-electron chi connectivity index (χ3n) is 3.50. The number of carbonyl (C=O) groups excluding carboxylic acids is 1. The molecule has 1 fully saturated rings.